The van der Waals surface area contributed by atoms with E-state index in [1.54, 1.807) is 11.2 Å². The van der Waals surface area contributed by atoms with Gasteiger partial charge >= 0.3 is 0 Å². The van der Waals surface area contributed by atoms with E-state index in [0.717, 1.165) is 23.4 Å². The molecule has 0 saturated carbocycles. The molecule has 0 aliphatic carbocycles. The second-order valence-electron chi connectivity index (χ2n) is 4.09. The van der Waals surface area contributed by atoms with Crippen molar-refractivity contribution in [3.63, 3.8) is 0 Å². The summed E-state index contributed by atoms with van der Waals surface area (Å²) < 4.78 is 11.2. The van der Waals surface area contributed by atoms with E-state index in [4.69, 9.17) is 0 Å². The lowest BCUT2D eigenvalue weighted by Crippen LogP contribution is -2.28. The second kappa shape index (κ2) is 6.55. The molecule has 3 nitrogen and oxygen atoms in total. The summed E-state index contributed by atoms with van der Waals surface area (Å²) in [6.45, 7) is 2.84. The van der Waals surface area contributed by atoms with Crippen LogP contribution in [-0.2, 0) is 22.0 Å². The molecule has 0 aliphatic heterocycles. The monoisotopic (exact) mass is 253 g/mol. The molecular weight excluding hydrogens is 234 g/mol. The molecule has 1 atom stereocenters. The Labute approximate surface area is 105 Å². The Morgan fingerprint density at radius 1 is 1.29 bits per heavy atom. The molecule has 0 N–H and O–H groups in total. The molecule has 0 saturated heterocycles. The normalized spacial score (nSPS) is 12.2. The van der Waals surface area contributed by atoms with Gasteiger partial charge < -0.3 is 4.90 Å². The number of hydrogen-bond donors (Lipinski definition) is 0. The van der Waals surface area contributed by atoms with E-state index >= 15 is 0 Å². The minimum absolute atomic E-state index is 0.122. The number of benzene rings is 1. The van der Waals surface area contributed by atoms with E-state index in [1.165, 1.54) is 0 Å². The first-order valence-corrected chi connectivity index (χ1v) is 7.26. The lowest BCUT2D eigenvalue weighted by molar-refractivity contribution is -0.129. The van der Waals surface area contributed by atoms with Gasteiger partial charge in [-0.25, -0.2) is 0 Å². The van der Waals surface area contributed by atoms with Gasteiger partial charge in [-0.3, -0.25) is 9.00 Å². The standard InChI is InChI=1S/C13H19NO2S/c1-4-9-14(2)13(15)10-11-5-7-12(8-6-11)17(3)16/h5-8H,4,9-10H2,1-3H3. The van der Waals surface area contributed by atoms with Crippen LogP contribution in [0.15, 0.2) is 29.2 Å². The Morgan fingerprint density at radius 3 is 2.35 bits per heavy atom. The molecule has 0 fully saturated rings. The smallest absolute Gasteiger partial charge is 0.226 e. The van der Waals surface area contributed by atoms with E-state index in [1.807, 2.05) is 31.3 Å². The molecule has 94 valence electrons. The van der Waals surface area contributed by atoms with Gasteiger partial charge in [0.2, 0.25) is 5.91 Å². The van der Waals surface area contributed by atoms with Gasteiger partial charge in [0.05, 0.1) is 6.42 Å². The van der Waals surface area contributed by atoms with Gasteiger partial charge in [-0.1, -0.05) is 19.1 Å². The van der Waals surface area contributed by atoms with Crippen molar-refractivity contribution in [1.29, 1.82) is 0 Å². The molecule has 1 aromatic rings. The number of hydrogen-bond acceptors (Lipinski definition) is 2. The zero-order valence-corrected chi connectivity index (χ0v) is 11.4. The average Bonchev–Trinajstić information content (AvgIpc) is 2.30. The highest BCUT2D eigenvalue weighted by molar-refractivity contribution is 7.84. The van der Waals surface area contributed by atoms with Crippen LogP contribution >= 0.6 is 0 Å². The molecule has 0 bridgehead atoms. The van der Waals surface area contributed by atoms with Gasteiger partial charge in [0.25, 0.3) is 0 Å². The van der Waals surface area contributed by atoms with Crippen LogP contribution in [0.3, 0.4) is 0 Å². The maximum Gasteiger partial charge on any atom is 0.226 e. The lowest BCUT2D eigenvalue weighted by atomic mass is 10.1. The summed E-state index contributed by atoms with van der Waals surface area (Å²) in [6, 6.07) is 7.37. The van der Waals surface area contributed by atoms with E-state index < -0.39 is 10.8 Å². The van der Waals surface area contributed by atoms with E-state index in [0.29, 0.717) is 6.42 Å². The Morgan fingerprint density at radius 2 is 1.88 bits per heavy atom. The van der Waals surface area contributed by atoms with Crippen LogP contribution in [0.25, 0.3) is 0 Å². The lowest BCUT2D eigenvalue weighted by Gasteiger charge is -2.15. The van der Waals surface area contributed by atoms with Crippen molar-refractivity contribution < 1.29 is 9.00 Å². The predicted molar refractivity (Wildman–Crippen MR) is 70.4 cm³/mol. The Hall–Kier alpha value is -1.16. The fourth-order valence-corrected chi connectivity index (χ4v) is 2.09. The first-order valence-electron chi connectivity index (χ1n) is 5.71. The number of amides is 1. The molecule has 0 spiro atoms. The molecule has 4 heteroatoms. The average molecular weight is 253 g/mol. The summed E-state index contributed by atoms with van der Waals surface area (Å²) in [5.41, 5.74) is 0.965. The van der Waals surface area contributed by atoms with E-state index in [9.17, 15) is 9.00 Å². The Balaban J connectivity index is 2.63. The fraction of sp³-hybridized carbons (Fsp3) is 0.462. The van der Waals surface area contributed by atoms with Crippen LogP contribution in [0, 0.1) is 0 Å². The zero-order valence-electron chi connectivity index (χ0n) is 10.6. The van der Waals surface area contributed by atoms with Crippen LogP contribution in [0.2, 0.25) is 0 Å². The number of rotatable bonds is 5. The summed E-state index contributed by atoms with van der Waals surface area (Å²) in [5, 5.41) is 0. The summed E-state index contributed by atoms with van der Waals surface area (Å²) in [7, 11) is 0.864. The third-order valence-electron chi connectivity index (χ3n) is 2.60. The highest BCUT2D eigenvalue weighted by atomic mass is 32.2. The Kier molecular flexibility index (Phi) is 5.35. The molecule has 1 unspecified atom stereocenters. The SMILES string of the molecule is CCCN(C)C(=O)Cc1ccc(S(C)=O)cc1. The third kappa shape index (κ3) is 4.30. The number of nitrogens with zero attached hydrogens (tertiary/aromatic N) is 1. The second-order valence-corrected chi connectivity index (χ2v) is 5.47. The summed E-state index contributed by atoms with van der Waals surface area (Å²) >= 11 is 0. The Bertz CT molecular complexity index is 400. The van der Waals surface area contributed by atoms with E-state index in [-0.39, 0.29) is 5.91 Å². The van der Waals surface area contributed by atoms with Crippen molar-refractivity contribution in [2.24, 2.45) is 0 Å². The molecule has 17 heavy (non-hydrogen) atoms. The summed E-state index contributed by atoms with van der Waals surface area (Å²) in [5.74, 6) is 0.122. The quantitative estimate of drug-likeness (QED) is 0.803. The zero-order chi connectivity index (χ0) is 12.8. The summed E-state index contributed by atoms with van der Waals surface area (Å²) in [6.07, 6.45) is 3.03. The van der Waals surface area contributed by atoms with Gasteiger partial charge in [-0.2, -0.15) is 0 Å². The predicted octanol–water partition coefficient (Wildman–Crippen LogP) is 1.83. The van der Waals surface area contributed by atoms with Crippen LogP contribution in [0.4, 0.5) is 0 Å². The van der Waals surface area contributed by atoms with Crippen LogP contribution in [0.5, 0.6) is 0 Å². The van der Waals surface area contributed by atoms with Crippen LogP contribution in [0.1, 0.15) is 18.9 Å². The highest BCUT2D eigenvalue weighted by Crippen LogP contribution is 2.09. The molecule has 0 heterocycles. The molecule has 0 aromatic heterocycles. The van der Waals surface area contributed by atoms with E-state index in [2.05, 4.69) is 6.92 Å². The van der Waals surface area contributed by atoms with Gasteiger partial charge in [-0.05, 0) is 24.1 Å². The minimum atomic E-state index is -0.957. The van der Waals surface area contributed by atoms with Crippen LogP contribution < -0.4 is 0 Å². The highest BCUT2D eigenvalue weighted by Gasteiger charge is 2.08. The van der Waals surface area contributed by atoms with Gasteiger partial charge in [-0.15, -0.1) is 0 Å². The number of carbonyl (C=O) groups excluding carboxylic acids is 1. The van der Waals surface area contributed by atoms with Crippen molar-refractivity contribution in [3.8, 4) is 0 Å². The molecular formula is C13H19NO2S. The number of carbonyl (C=O) groups is 1. The molecule has 0 aliphatic rings. The van der Waals surface area contributed by atoms with Crippen molar-refractivity contribution in [1.82, 2.24) is 4.90 Å². The fourth-order valence-electron chi connectivity index (χ4n) is 1.57. The molecule has 1 amide bonds. The molecule has 1 aromatic carbocycles. The summed E-state index contributed by atoms with van der Waals surface area (Å²) in [4.78, 5) is 14.3. The van der Waals surface area contributed by atoms with Crippen molar-refractivity contribution in [2.45, 2.75) is 24.7 Å². The minimum Gasteiger partial charge on any atom is -0.345 e. The van der Waals surface area contributed by atoms with Gasteiger partial charge in [0.1, 0.15) is 0 Å². The third-order valence-corrected chi connectivity index (χ3v) is 3.53. The topological polar surface area (TPSA) is 37.4 Å². The maximum absolute atomic E-state index is 11.8. The van der Waals surface area contributed by atoms with Crippen molar-refractivity contribution in [2.75, 3.05) is 19.8 Å². The maximum atomic E-state index is 11.8. The van der Waals surface area contributed by atoms with Gasteiger partial charge in [0.15, 0.2) is 0 Å². The van der Waals surface area contributed by atoms with Crippen molar-refractivity contribution >= 4 is 16.7 Å². The van der Waals surface area contributed by atoms with Crippen molar-refractivity contribution in [3.05, 3.63) is 29.8 Å². The number of likely N-dealkylation sites (N-methyl/N-ethyl adjacent to an activating group) is 1. The van der Waals surface area contributed by atoms with Crippen LogP contribution in [-0.4, -0.2) is 34.9 Å². The largest absolute Gasteiger partial charge is 0.345 e. The first kappa shape index (κ1) is 13.9. The molecule has 0 radical (unpaired) electrons. The molecule has 1 rings (SSSR count). The first-order chi connectivity index (χ1) is 8.04. The van der Waals surface area contributed by atoms with Gasteiger partial charge in [0, 0.05) is 35.5 Å².